The Balaban J connectivity index is 2.56. The summed E-state index contributed by atoms with van der Waals surface area (Å²) in [5, 5.41) is 12.4. The topological polar surface area (TPSA) is 75.6 Å². The highest BCUT2D eigenvalue weighted by Crippen LogP contribution is 2.32. The highest BCUT2D eigenvalue weighted by Gasteiger charge is 2.19. The van der Waals surface area contributed by atoms with E-state index in [0.29, 0.717) is 10.8 Å². The van der Waals surface area contributed by atoms with Crippen molar-refractivity contribution in [3.63, 3.8) is 0 Å². The largest absolute Gasteiger partial charge is 0.478 e. The van der Waals surface area contributed by atoms with E-state index in [9.17, 15) is 9.59 Å². The summed E-state index contributed by atoms with van der Waals surface area (Å²) < 4.78 is 4.94. The van der Waals surface area contributed by atoms with Crippen molar-refractivity contribution in [2.24, 2.45) is 0 Å². The molecule has 0 aromatic heterocycles. The van der Waals surface area contributed by atoms with Crippen LogP contribution < -0.4 is 10.1 Å². The van der Waals surface area contributed by atoms with Crippen LogP contribution in [0.25, 0.3) is 10.8 Å². The monoisotopic (exact) mass is 219 g/mol. The first-order chi connectivity index (χ1) is 7.63. The smallest absolute Gasteiger partial charge is 0.412 e. The molecule has 0 saturated carbocycles. The number of ether oxygens (including phenoxy) is 1. The number of aromatic carboxylic acids is 1. The van der Waals surface area contributed by atoms with E-state index in [1.54, 1.807) is 24.3 Å². The van der Waals surface area contributed by atoms with Crippen LogP contribution in [0.1, 0.15) is 10.4 Å². The van der Waals surface area contributed by atoms with Crippen molar-refractivity contribution >= 4 is 22.8 Å². The van der Waals surface area contributed by atoms with Crippen LogP contribution in [-0.4, -0.2) is 24.2 Å². The lowest BCUT2D eigenvalue weighted by molar-refractivity contribution is 0.0696. The fourth-order valence-corrected chi connectivity index (χ4v) is 1.54. The predicted octanol–water partition coefficient (Wildman–Crippen LogP) is 1.69. The number of rotatable bonds is 2. The highest BCUT2D eigenvalue weighted by atomic mass is 16.6. The van der Waals surface area contributed by atoms with E-state index < -0.39 is 12.1 Å². The Kier molecular flexibility index (Phi) is 2.36. The number of fused-ring (bicyclic) bond motifs is 3. The van der Waals surface area contributed by atoms with Gasteiger partial charge in [0.1, 0.15) is 5.56 Å². The van der Waals surface area contributed by atoms with Gasteiger partial charge in [-0.3, -0.25) is 0 Å². The molecule has 0 fully saturated rings. The molecule has 82 valence electrons. The Morgan fingerprint density at radius 3 is 2.25 bits per heavy atom. The summed E-state index contributed by atoms with van der Waals surface area (Å²) in [7, 11) is 1.41. The number of carbonyl (C=O) groups excluding carboxylic acids is 1. The number of carboxylic acid groups (broad SMARTS) is 1. The molecule has 0 spiro atoms. The van der Waals surface area contributed by atoms with Crippen molar-refractivity contribution in [1.29, 1.82) is 0 Å². The maximum atomic E-state index is 11.1. The van der Waals surface area contributed by atoms with Crippen molar-refractivity contribution in [3.05, 3.63) is 29.8 Å². The second kappa shape index (κ2) is 3.69. The predicted molar refractivity (Wildman–Crippen MR) is 57.2 cm³/mol. The number of carbonyl (C=O) groups is 2. The molecular weight excluding hydrogens is 210 g/mol. The van der Waals surface area contributed by atoms with E-state index in [1.807, 2.05) is 0 Å². The standard InChI is InChI=1S/C11H9NO4/c1-12-11(15)16-9-7-4-2-6(3-5-7)8(9)10(13)14/h2-5H,1H3,(H,12,15)(H,13,14). The van der Waals surface area contributed by atoms with Gasteiger partial charge >= 0.3 is 12.1 Å². The zero-order valence-electron chi connectivity index (χ0n) is 8.48. The van der Waals surface area contributed by atoms with E-state index in [0.717, 1.165) is 0 Å². The molecule has 0 radical (unpaired) electrons. The van der Waals surface area contributed by atoms with Crippen LogP contribution in [0.2, 0.25) is 0 Å². The summed E-state index contributed by atoms with van der Waals surface area (Å²) in [5.74, 6) is -1.02. The molecule has 0 aliphatic carbocycles. The van der Waals surface area contributed by atoms with Crippen molar-refractivity contribution in [3.8, 4) is 5.75 Å². The number of amides is 1. The fourth-order valence-electron chi connectivity index (χ4n) is 1.54. The van der Waals surface area contributed by atoms with E-state index in [-0.39, 0.29) is 11.3 Å². The quantitative estimate of drug-likeness (QED) is 0.805. The van der Waals surface area contributed by atoms with Crippen LogP contribution in [-0.2, 0) is 0 Å². The average molecular weight is 219 g/mol. The van der Waals surface area contributed by atoms with E-state index in [1.165, 1.54) is 7.05 Å². The van der Waals surface area contributed by atoms with Gasteiger partial charge in [0.2, 0.25) is 0 Å². The number of hydrogen-bond donors (Lipinski definition) is 2. The molecule has 0 unspecified atom stereocenters. The number of benzene rings is 3. The Bertz CT molecular complexity index is 529. The van der Waals surface area contributed by atoms with Gasteiger partial charge in [0.15, 0.2) is 5.75 Å². The number of hydrogen-bond acceptors (Lipinski definition) is 3. The van der Waals surface area contributed by atoms with Gasteiger partial charge in [0.25, 0.3) is 0 Å². The first kappa shape index (κ1) is 10.2. The van der Waals surface area contributed by atoms with Gasteiger partial charge < -0.3 is 15.2 Å². The lowest BCUT2D eigenvalue weighted by atomic mass is 10.0. The molecule has 1 amide bonds. The fraction of sp³-hybridized carbons (Fsp3) is 0.0909. The summed E-state index contributed by atoms with van der Waals surface area (Å²) >= 11 is 0. The zero-order chi connectivity index (χ0) is 11.7. The molecular formula is C11H9NO4. The SMILES string of the molecule is CNC(=O)Oc1c(C(=O)O)c2ccc1cc2. The Morgan fingerprint density at radius 1 is 1.19 bits per heavy atom. The first-order valence-electron chi connectivity index (χ1n) is 4.61. The number of nitrogens with one attached hydrogen (secondary N) is 1. The third-order valence-corrected chi connectivity index (χ3v) is 2.28. The van der Waals surface area contributed by atoms with Gasteiger partial charge in [0, 0.05) is 12.4 Å². The lowest BCUT2D eigenvalue weighted by Gasteiger charge is -2.12. The molecule has 3 aromatic rings. The average Bonchev–Trinajstić information content (AvgIpc) is 2.29. The molecule has 2 N–H and O–H groups in total. The first-order valence-corrected chi connectivity index (χ1v) is 4.61. The highest BCUT2D eigenvalue weighted by molar-refractivity contribution is 6.05. The van der Waals surface area contributed by atoms with Crippen molar-refractivity contribution in [1.82, 2.24) is 5.32 Å². The van der Waals surface area contributed by atoms with Crippen LogP contribution in [0, 0.1) is 0 Å². The minimum atomic E-state index is -1.11. The number of carboxylic acids is 1. The molecule has 0 saturated heterocycles. The van der Waals surface area contributed by atoms with Crippen LogP contribution in [0.3, 0.4) is 0 Å². The van der Waals surface area contributed by atoms with Crippen LogP contribution in [0.15, 0.2) is 24.3 Å². The van der Waals surface area contributed by atoms with E-state index >= 15 is 0 Å². The Hall–Kier alpha value is -2.30. The van der Waals surface area contributed by atoms with Gasteiger partial charge in [-0.05, 0) is 5.39 Å². The molecule has 0 aliphatic rings. The minimum Gasteiger partial charge on any atom is -0.478 e. The van der Waals surface area contributed by atoms with Gasteiger partial charge in [-0.1, -0.05) is 24.3 Å². The second-order valence-corrected chi connectivity index (χ2v) is 3.23. The summed E-state index contributed by atoms with van der Waals surface area (Å²) in [6.07, 6.45) is -0.684. The molecule has 0 atom stereocenters. The summed E-state index contributed by atoms with van der Waals surface area (Å²) in [5.41, 5.74) is 0.0172. The van der Waals surface area contributed by atoms with Crippen LogP contribution in [0.5, 0.6) is 5.75 Å². The summed E-state index contributed by atoms with van der Waals surface area (Å²) in [6, 6.07) is 6.77. The summed E-state index contributed by atoms with van der Waals surface area (Å²) in [6.45, 7) is 0. The van der Waals surface area contributed by atoms with E-state index in [2.05, 4.69) is 5.32 Å². The van der Waals surface area contributed by atoms with Crippen LogP contribution in [0.4, 0.5) is 4.79 Å². The molecule has 5 heteroatoms. The molecule has 5 nitrogen and oxygen atoms in total. The molecule has 0 heterocycles. The van der Waals surface area contributed by atoms with Gasteiger partial charge in [-0.2, -0.15) is 0 Å². The molecule has 3 aromatic carbocycles. The third-order valence-electron chi connectivity index (χ3n) is 2.28. The third kappa shape index (κ3) is 1.52. The van der Waals surface area contributed by atoms with Crippen LogP contribution >= 0.6 is 0 Å². The molecule has 16 heavy (non-hydrogen) atoms. The lowest BCUT2D eigenvalue weighted by Crippen LogP contribution is -2.23. The molecule has 0 aliphatic heterocycles. The molecule has 2 bridgehead atoms. The second-order valence-electron chi connectivity index (χ2n) is 3.23. The van der Waals surface area contributed by atoms with Crippen molar-refractivity contribution in [2.45, 2.75) is 0 Å². The zero-order valence-corrected chi connectivity index (χ0v) is 8.48. The van der Waals surface area contributed by atoms with Gasteiger partial charge in [0.05, 0.1) is 0 Å². The maximum absolute atomic E-state index is 11.1. The normalized spacial score (nSPS) is 10.3. The maximum Gasteiger partial charge on any atom is 0.412 e. The Labute approximate surface area is 91.0 Å². The Morgan fingerprint density at radius 2 is 1.75 bits per heavy atom. The summed E-state index contributed by atoms with van der Waals surface area (Å²) in [4.78, 5) is 22.1. The molecule has 3 rings (SSSR count). The van der Waals surface area contributed by atoms with Gasteiger partial charge in [-0.15, -0.1) is 0 Å². The van der Waals surface area contributed by atoms with Crippen molar-refractivity contribution in [2.75, 3.05) is 7.05 Å². The van der Waals surface area contributed by atoms with E-state index in [4.69, 9.17) is 9.84 Å². The minimum absolute atomic E-state index is 0.0172. The van der Waals surface area contributed by atoms with Gasteiger partial charge in [-0.25, -0.2) is 9.59 Å². The van der Waals surface area contributed by atoms with Crippen molar-refractivity contribution < 1.29 is 19.4 Å².